The number of nitrogens with one attached hydrogen (secondary N) is 3. The average molecular weight is 558 g/mol. The number of alkyl halides is 3. The van der Waals surface area contributed by atoms with E-state index in [2.05, 4.69) is 16.7 Å². The average Bonchev–Trinajstić information content (AvgIpc) is 3.48. The molecule has 220 valence electrons. The highest BCUT2D eigenvalue weighted by molar-refractivity contribution is 5.94. The zero-order chi connectivity index (χ0) is 28.8. The fourth-order valence-corrected chi connectivity index (χ4v) is 6.51. The quantitative estimate of drug-likeness (QED) is 0.462. The van der Waals surface area contributed by atoms with Gasteiger partial charge in [-0.1, -0.05) is 33.6 Å². The first-order valence-corrected chi connectivity index (χ1v) is 13.9. The molecule has 0 aromatic rings. The summed E-state index contributed by atoms with van der Waals surface area (Å²) < 4.78 is 39.2. The highest BCUT2D eigenvalue weighted by atomic mass is 19.4. The van der Waals surface area contributed by atoms with Crippen molar-refractivity contribution in [1.29, 1.82) is 5.26 Å². The molecule has 12 heteroatoms. The number of carbonyl (C=O) groups excluding carboxylic acids is 4. The smallest absolute Gasteiger partial charge is 0.350 e. The Balaban J connectivity index is 0.00000294. The molecule has 39 heavy (non-hydrogen) atoms. The summed E-state index contributed by atoms with van der Waals surface area (Å²) >= 11 is 0. The first-order chi connectivity index (χ1) is 18.1. The van der Waals surface area contributed by atoms with Crippen LogP contribution in [0.3, 0.4) is 0 Å². The number of likely N-dealkylation sites (tertiary alicyclic amines) is 1. The van der Waals surface area contributed by atoms with Gasteiger partial charge in [0.05, 0.1) is 6.07 Å². The summed E-state index contributed by atoms with van der Waals surface area (Å²) in [7, 11) is 0. The molecule has 4 fully saturated rings. The van der Waals surface area contributed by atoms with Crippen LogP contribution >= 0.6 is 0 Å². The molecule has 2 aliphatic carbocycles. The molecule has 2 saturated heterocycles. The first kappa shape index (κ1) is 29.2. The topological polar surface area (TPSA) is 131 Å². The van der Waals surface area contributed by atoms with Gasteiger partial charge in [-0.3, -0.25) is 19.2 Å². The molecule has 6 unspecified atom stereocenters. The number of hydrogen-bond acceptors (Lipinski definition) is 5. The zero-order valence-electron chi connectivity index (χ0n) is 22.7. The van der Waals surface area contributed by atoms with Crippen LogP contribution in [0.2, 0.25) is 0 Å². The number of rotatable bonds is 6. The third-order valence-corrected chi connectivity index (χ3v) is 8.91. The van der Waals surface area contributed by atoms with Gasteiger partial charge in [0.15, 0.2) is 0 Å². The third-order valence-electron chi connectivity index (χ3n) is 8.91. The minimum absolute atomic E-state index is 0. The van der Waals surface area contributed by atoms with Gasteiger partial charge in [-0.15, -0.1) is 0 Å². The standard InChI is InChI=1S/C27H38F3N5O4.2H2/c1-25(2,3)20(33-24(39)27(28,29)30)23(38)35-14-16-6-4-5-7-18(16)19(35)22(37)32-17(13-31)12-15-8-9-26(10-11-26)34-21(15)36;;/h15-20H,4-12,14H2,1-3H3,(H,32,37)(H,33,39)(H,34,36);2*1H. The second-order valence-corrected chi connectivity index (χ2v) is 12.8. The highest BCUT2D eigenvalue weighted by Crippen LogP contribution is 2.44. The van der Waals surface area contributed by atoms with Crippen LogP contribution in [0.1, 0.15) is 81.4 Å². The Morgan fingerprint density at radius 1 is 1.13 bits per heavy atom. The summed E-state index contributed by atoms with van der Waals surface area (Å²) in [5.74, 6) is -4.24. The second kappa shape index (κ2) is 10.6. The lowest BCUT2D eigenvalue weighted by Crippen LogP contribution is -2.60. The van der Waals surface area contributed by atoms with Crippen LogP contribution < -0.4 is 16.0 Å². The van der Waals surface area contributed by atoms with Crippen molar-refractivity contribution in [3.63, 3.8) is 0 Å². The van der Waals surface area contributed by atoms with E-state index < -0.39 is 53.4 Å². The maximum atomic E-state index is 13.7. The number of nitriles is 1. The summed E-state index contributed by atoms with van der Waals surface area (Å²) in [4.78, 5) is 53.1. The van der Waals surface area contributed by atoms with E-state index in [4.69, 9.17) is 0 Å². The van der Waals surface area contributed by atoms with Crippen LogP contribution in [0, 0.1) is 34.5 Å². The van der Waals surface area contributed by atoms with E-state index in [9.17, 15) is 37.6 Å². The lowest BCUT2D eigenvalue weighted by atomic mass is 9.78. The van der Waals surface area contributed by atoms with Crippen LogP contribution in [-0.2, 0) is 19.2 Å². The van der Waals surface area contributed by atoms with E-state index in [1.165, 1.54) is 4.90 Å². The van der Waals surface area contributed by atoms with Crippen molar-refractivity contribution in [2.24, 2.45) is 23.2 Å². The molecule has 9 nitrogen and oxygen atoms in total. The maximum Gasteiger partial charge on any atom is 0.471 e. The Kier molecular flexibility index (Phi) is 7.94. The fraction of sp³-hybridized carbons (Fsp3) is 0.815. The molecule has 2 saturated carbocycles. The van der Waals surface area contributed by atoms with Crippen molar-refractivity contribution < 1.29 is 35.2 Å². The number of fused-ring (bicyclic) bond motifs is 1. The lowest BCUT2D eigenvalue weighted by molar-refractivity contribution is -0.176. The number of nitrogens with zero attached hydrogens (tertiary/aromatic N) is 2. The summed E-state index contributed by atoms with van der Waals surface area (Å²) in [6.45, 7) is 4.85. The number of carbonyl (C=O) groups is 4. The molecular formula is C27H42F3N5O4. The first-order valence-electron chi connectivity index (χ1n) is 13.9. The van der Waals surface area contributed by atoms with Gasteiger partial charge >= 0.3 is 12.1 Å². The summed E-state index contributed by atoms with van der Waals surface area (Å²) in [5, 5.41) is 17.4. The number of halogens is 3. The normalized spacial score (nSPS) is 29.5. The molecule has 3 N–H and O–H groups in total. The van der Waals surface area contributed by atoms with Crippen molar-refractivity contribution in [3.8, 4) is 6.07 Å². The Bertz CT molecular complexity index is 1060. The van der Waals surface area contributed by atoms with Gasteiger partial charge < -0.3 is 20.9 Å². The monoisotopic (exact) mass is 557 g/mol. The largest absolute Gasteiger partial charge is 0.471 e. The molecule has 0 radical (unpaired) electrons. The molecule has 1 spiro atoms. The van der Waals surface area contributed by atoms with Crippen LogP contribution in [0.15, 0.2) is 0 Å². The van der Waals surface area contributed by atoms with Gasteiger partial charge in [0, 0.05) is 20.9 Å². The van der Waals surface area contributed by atoms with E-state index in [0.717, 1.165) is 38.5 Å². The van der Waals surface area contributed by atoms with Crippen molar-refractivity contribution in [2.45, 2.75) is 108 Å². The minimum atomic E-state index is -5.16. The molecule has 4 amide bonds. The molecule has 4 aliphatic rings. The van der Waals surface area contributed by atoms with E-state index in [1.54, 1.807) is 20.8 Å². The van der Waals surface area contributed by atoms with Gasteiger partial charge in [-0.25, -0.2) is 0 Å². The predicted octanol–water partition coefficient (Wildman–Crippen LogP) is 3.05. The predicted molar refractivity (Wildman–Crippen MR) is 138 cm³/mol. The highest BCUT2D eigenvalue weighted by Gasteiger charge is 2.53. The molecular weight excluding hydrogens is 515 g/mol. The van der Waals surface area contributed by atoms with E-state index >= 15 is 0 Å². The molecule has 4 rings (SSSR count). The Morgan fingerprint density at radius 3 is 2.36 bits per heavy atom. The van der Waals surface area contributed by atoms with Gasteiger partial charge in [0.2, 0.25) is 17.7 Å². The van der Waals surface area contributed by atoms with Crippen LogP contribution in [0.25, 0.3) is 0 Å². The van der Waals surface area contributed by atoms with Crippen molar-refractivity contribution in [1.82, 2.24) is 20.9 Å². The van der Waals surface area contributed by atoms with Crippen LogP contribution in [0.5, 0.6) is 0 Å². The molecule has 0 bridgehead atoms. The Labute approximate surface area is 229 Å². The zero-order valence-corrected chi connectivity index (χ0v) is 22.7. The summed E-state index contributed by atoms with van der Waals surface area (Å²) in [6.07, 6.45) is 1.58. The summed E-state index contributed by atoms with van der Waals surface area (Å²) in [6, 6.07) is -1.36. The SMILES string of the molecule is CC(C)(C)C(NC(=O)C(F)(F)F)C(=O)N1CC2CCCCC2C1C(=O)NC(C#N)CC1CCC2(CC2)NC1=O.[HH].[HH]. The van der Waals surface area contributed by atoms with Crippen LogP contribution in [0.4, 0.5) is 13.2 Å². The molecule has 2 heterocycles. The second-order valence-electron chi connectivity index (χ2n) is 12.8. The number of piperidine rings is 1. The van der Waals surface area contributed by atoms with Crippen LogP contribution in [-0.4, -0.2) is 64.9 Å². The van der Waals surface area contributed by atoms with Crippen molar-refractivity contribution in [3.05, 3.63) is 0 Å². The van der Waals surface area contributed by atoms with Crippen molar-refractivity contribution >= 4 is 23.6 Å². The fourth-order valence-electron chi connectivity index (χ4n) is 6.51. The maximum absolute atomic E-state index is 13.7. The van der Waals surface area contributed by atoms with Gasteiger partial charge in [-0.2, -0.15) is 18.4 Å². The number of amides is 4. The van der Waals surface area contributed by atoms with Gasteiger partial charge in [0.1, 0.15) is 18.1 Å². The third kappa shape index (κ3) is 6.33. The minimum Gasteiger partial charge on any atom is -0.350 e. The lowest BCUT2D eigenvalue weighted by Gasteiger charge is -2.36. The van der Waals surface area contributed by atoms with Gasteiger partial charge in [0.25, 0.3) is 0 Å². The number of hydrogen-bond donors (Lipinski definition) is 3. The molecule has 0 aromatic carbocycles. The summed E-state index contributed by atoms with van der Waals surface area (Å²) in [5.41, 5.74) is -1.15. The molecule has 0 aromatic heterocycles. The van der Waals surface area contributed by atoms with Crippen molar-refractivity contribution in [2.75, 3.05) is 6.54 Å². The van der Waals surface area contributed by atoms with E-state index in [0.29, 0.717) is 12.8 Å². The van der Waals surface area contributed by atoms with E-state index in [1.807, 2.05) is 5.32 Å². The Hall–Kier alpha value is -2.84. The molecule has 6 atom stereocenters. The van der Waals surface area contributed by atoms with Gasteiger partial charge in [-0.05, 0) is 62.2 Å². The Morgan fingerprint density at radius 2 is 1.79 bits per heavy atom. The molecule has 2 aliphatic heterocycles. The van der Waals surface area contributed by atoms with E-state index in [-0.39, 0.29) is 39.1 Å².